The summed E-state index contributed by atoms with van der Waals surface area (Å²) < 4.78 is 25.4. The first-order chi connectivity index (χ1) is 13.1. The SMILES string of the molecule is Cl.Cn1c(=O)c(Oc2ccc(F)cc2)cc2cnc(NC3CCOCC3)nc21. The molecule has 0 saturated carbocycles. The number of rotatable bonds is 4. The van der Waals surface area contributed by atoms with Crippen molar-refractivity contribution in [3.05, 3.63) is 52.7 Å². The van der Waals surface area contributed by atoms with Crippen molar-refractivity contribution >= 4 is 29.4 Å². The van der Waals surface area contributed by atoms with E-state index < -0.39 is 0 Å². The average Bonchev–Trinajstić information content (AvgIpc) is 2.69. The molecule has 0 spiro atoms. The number of nitrogens with one attached hydrogen (secondary N) is 1. The number of nitrogens with zero attached hydrogens (tertiary/aromatic N) is 3. The smallest absolute Gasteiger partial charge is 0.294 e. The predicted octanol–water partition coefficient (Wildman–Crippen LogP) is 3.27. The topological polar surface area (TPSA) is 78.3 Å². The van der Waals surface area contributed by atoms with Gasteiger partial charge >= 0.3 is 0 Å². The third-order valence-corrected chi connectivity index (χ3v) is 4.51. The summed E-state index contributed by atoms with van der Waals surface area (Å²) in [6.07, 6.45) is 3.44. The molecule has 0 amide bonds. The van der Waals surface area contributed by atoms with E-state index in [0.717, 1.165) is 12.8 Å². The molecule has 1 fully saturated rings. The van der Waals surface area contributed by atoms with Crippen LogP contribution in [-0.2, 0) is 11.8 Å². The van der Waals surface area contributed by atoms with E-state index in [0.29, 0.717) is 35.9 Å². The van der Waals surface area contributed by atoms with Crippen LogP contribution in [0.3, 0.4) is 0 Å². The summed E-state index contributed by atoms with van der Waals surface area (Å²) in [5.74, 6) is 0.625. The highest BCUT2D eigenvalue weighted by Crippen LogP contribution is 2.22. The van der Waals surface area contributed by atoms with Crippen LogP contribution in [0.2, 0.25) is 0 Å². The third kappa shape index (κ3) is 4.23. The second-order valence-corrected chi connectivity index (χ2v) is 6.43. The van der Waals surface area contributed by atoms with Gasteiger partial charge in [0.15, 0.2) is 5.75 Å². The summed E-state index contributed by atoms with van der Waals surface area (Å²) in [6, 6.07) is 7.34. The lowest BCUT2D eigenvalue weighted by Gasteiger charge is -2.23. The Morgan fingerprint density at radius 3 is 2.68 bits per heavy atom. The maximum atomic E-state index is 13.0. The summed E-state index contributed by atoms with van der Waals surface area (Å²) in [7, 11) is 1.63. The number of hydrogen-bond acceptors (Lipinski definition) is 6. The van der Waals surface area contributed by atoms with Gasteiger partial charge in [-0.3, -0.25) is 9.36 Å². The number of anilines is 1. The van der Waals surface area contributed by atoms with Crippen LogP contribution >= 0.6 is 12.4 Å². The maximum Gasteiger partial charge on any atom is 0.294 e. The maximum absolute atomic E-state index is 13.0. The van der Waals surface area contributed by atoms with Crippen LogP contribution in [0.4, 0.5) is 10.3 Å². The van der Waals surface area contributed by atoms with Gasteiger partial charge in [0.05, 0.1) is 0 Å². The number of aryl methyl sites for hydroxylation is 1. The molecule has 7 nitrogen and oxygen atoms in total. The first-order valence-electron chi connectivity index (χ1n) is 8.74. The third-order valence-electron chi connectivity index (χ3n) is 4.51. The Morgan fingerprint density at radius 1 is 1.25 bits per heavy atom. The Labute approximate surface area is 166 Å². The highest BCUT2D eigenvalue weighted by molar-refractivity contribution is 5.85. The zero-order chi connectivity index (χ0) is 18.8. The molecule has 28 heavy (non-hydrogen) atoms. The van der Waals surface area contributed by atoms with Gasteiger partial charge < -0.3 is 14.8 Å². The van der Waals surface area contributed by atoms with E-state index in [4.69, 9.17) is 9.47 Å². The molecule has 1 aliphatic heterocycles. The summed E-state index contributed by atoms with van der Waals surface area (Å²) in [5.41, 5.74) is 0.179. The Hall–Kier alpha value is -2.71. The van der Waals surface area contributed by atoms with E-state index in [2.05, 4.69) is 15.3 Å². The van der Waals surface area contributed by atoms with Crippen LogP contribution in [0.5, 0.6) is 11.5 Å². The fourth-order valence-corrected chi connectivity index (χ4v) is 3.01. The first-order valence-corrected chi connectivity index (χ1v) is 8.74. The fraction of sp³-hybridized carbons (Fsp3) is 0.316. The minimum Gasteiger partial charge on any atom is -0.452 e. The molecule has 0 unspecified atom stereocenters. The molecule has 0 atom stereocenters. The zero-order valence-electron chi connectivity index (χ0n) is 15.2. The molecule has 1 saturated heterocycles. The molecule has 148 valence electrons. The summed E-state index contributed by atoms with van der Waals surface area (Å²) in [5, 5.41) is 3.97. The van der Waals surface area contributed by atoms with Crippen molar-refractivity contribution in [2.24, 2.45) is 7.05 Å². The molecule has 9 heteroatoms. The Bertz CT molecular complexity index is 1020. The molecule has 1 N–H and O–H groups in total. The summed E-state index contributed by atoms with van der Waals surface area (Å²) in [6.45, 7) is 1.43. The summed E-state index contributed by atoms with van der Waals surface area (Å²) in [4.78, 5) is 21.5. The highest BCUT2D eigenvalue weighted by atomic mass is 35.5. The van der Waals surface area contributed by atoms with Crippen molar-refractivity contribution in [3.8, 4) is 11.5 Å². The lowest BCUT2D eigenvalue weighted by molar-refractivity contribution is 0.0903. The second kappa shape index (κ2) is 8.53. The molecule has 3 aromatic rings. The second-order valence-electron chi connectivity index (χ2n) is 6.43. The van der Waals surface area contributed by atoms with Crippen molar-refractivity contribution in [1.29, 1.82) is 0 Å². The lowest BCUT2D eigenvalue weighted by atomic mass is 10.1. The van der Waals surface area contributed by atoms with Gasteiger partial charge in [0.25, 0.3) is 5.56 Å². The van der Waals surface area contributed by atoms with Gasteiger partial charge in [-0.1, -0.05) is 0 Å². The first kappa shape index (κ1) is 20.0. The quantitative estimate of drug-likeness (QED) is 0.716. The van der Waals surface area contributed by atoms with Crippen LogP contribution in [-0.4, -0.2) is 33.8 Å². The Balaban J connectivity index is 0.00000225. The van der Waals surface area contributed by atoms with E-state index in [1.54, 1.807) is 19.3 Å². The van der Waals surface area contributed by atoms with Gasteiger partial charge in [0.2, 0.25) is 5.95 Å². The van der Waals surface area contributed by atoms with Gasteiger partial charge in [0, 0.05) is 37.9 Å². The lowest BCUT2D eigenvalue weighted by Crippen LogP contribution is -2.29. The number of aromatic nitrogens is 3. The number of pyridine rings is 1. The fourth-order valence-electron chi connectivity index (χ4n) is 3.01. The minimum atomic E-state index is -0.369. The summed E-state index contributed by atoms with van der Waals surface area (Å²) >= 11 is 0. The van der Waals surface area contributed by atoms with E-state index in [9.17, 15) is 9.18 Å². The number of benzene rings is 1. The van der Waals surface area contributed by atoms with Gasteiger partial charge in [-0.15, -0.1) is 12.4 Å². The molecule has 0 aliphatic carbocycles. The monoisotopic (exact) mass is 406 g/mol. The van der Waals surface area contributed by atoms with Crippen LogP contribution in [0.25, 0.3) is 11.0 Å². The van der Waals surface area contributed by atoms with E-state index >= 15 is 0 Å². The van der Waals surface area contributed by atoms with Gasteiger partial charge in [0.1, 0.15) is 17.2 Å². The number of fused-ring (bicyclic) bond motifs is 1. The van der Waals surface area contributed by atoms with Crippen molar-refractivity contribution < 1.29 is 13.9 Å². The van der Waals surface area contributed by atoms with Gasteiger partial charge in [-0.2, -0.15) is 4.98 Å². The van der Waals surface area contributed by atoms with Crippen LogP contribution in [0, 0.1) is 5.82 Å². The molecule has 1 aromatic carbocycles. The minimum absolute atomic E-state index is 0. The molecule has 0 bridgehead atoms. The van der Waals surface area contributed by atoms with Gasteiger partial charge in [-0.05, 0) is 43.2 Å². The predicted molar refractivity (Wildman–Crippen MR) is 106 cm³/mol. The molecule has 4 rings (SSSR count). The molecule has 1 aliphatic rings. The van der Waals surface area contributed by atoms with Crippen molar-refractivity contribution in [1.82, 2.24) is 14.5 Å². The van der Waals surface area contributed by atoms with Crippen molar-refractivity contribution in [2.45, 2.75) is 18.9 Å². The van der Waals surface area contributed by atoms with Crippen molar-refractivity contribution in [2.75, 3.05) is 18.5 Å². The van der Waals surface area contributed by atoms with E-state index in [-0.39, 0.29) is 35.6 Å². The van der Waals surface area contributed by atoms with Crippen molar-refractivity contribution in [3.63, 3.8) is 0 Å². The zero-order valence-corrected chi connectivity index (χ0v) is 16.0. The molecular formula is C19H20ClFN4O3. The normalized spacial score (nSPS) is 14.5. The molecule has 0 radical (unpaired) electrons. The van der Waals surface area contributed by atoms with E-state index in [1.807, 2.05) is 0 Å². The standard InChI is InChI=1S/C19H19FN4O3.ClH/c1-24-17-12(11-21-19(23-17)22-14-6-8-26-9-7-14)10-16(18(24)25)27-15-4-2-13(20)3-5-15;/h2-5,10-11,14H,6-9H2,1H3,(H,21,22,23);1H. The average molecular weight is 407 g/mol. The largest absolute Gasteiger partial charge is 0.452 e. The molecule has 3 heterocycles. The van der Waals surface area contributed by atoms with Gasteiger partial charge in [-0.25, -0.2) is 9.37 Å². The Morgan fingerprint density at radius 2 is 1.96 bits per heavy atom. The Kier molecular flexibility index (Phi) is 6.11. The van der Waals surface area contributed by atoms with Crippen LogP contribution in [0.15, 0.2) is 41.3 Å². The number of hydrogen-bond donors (Lipinski definition) is 1. The van der Waals surface area contributed by atoms with E-state index in [1.165, 1.54) is 28.8 Å². The number of halogens is 2. The molecular weight excluding hydrogens is 387 g/mol. The van der Waals surface area contributed by atoms with Crippen LogP contribution < -0.4 is 15.6 Å². The number of ether oxygens (including phenoxy) is 2. The van der Waals surface area contributed by atoms with Crippen LogP contribution in [0.1, 0.15) is 12.8 Å². The highest BCUT2D eigenvalue weighted by Gasteiger charge is 2.16. The molecule has 2 aromatic heterocycles.